The molecule has 4 aromatic rings. The van der Waals surface area contributed by atoms with Crippen molar-refractivity contribution in [2.24, 2.45) is 0 Å². The number of aromatic nitrogens is 4. The van der Waals surface area contributed by atoms with E-state index in [1.807, 2.05) is 52.2 Å². The van der Waals surface area contributed by atoms with Gasteiger partial charge in [0.1, 0.15) is 5.76 Å². The van der Waals surface area contributed by atoms with Crippen molar-refractivity contribution in [1.82, 2.24) is 25.2 Å². The second-order valence-corrected chi connectivity index (χ2v) is 9.85. The zero-order chi connectivity index (χ0) is 24.8. The highest BCUT2D eigenvalue weighted by atomic mass is 32.1. The Kier molecular flexibility index (Phi) is 13.1. The lowest BCUT2D eigenvalue weighted by molar-refractivity contribution is -0.0951. The first-order valence-corrected chi connectivity index (χ1v) is 12.3. The zero-order valence-corrected chi connectivity index (χ0v) is 22.5. The maximum atomic E-state index is 5.13. The summed E-state index contributed by atoms with van der Waals surface area (Å²) in [4.78, 5) is 14.8. The number of aryl methyl sites for hydroxylation is 5. The molecule has 3 aromatic heterocycles. The number of benzene rings is 1. The van der Waals surface area contributed by atoms with Gasteiger partial charge in [-0.25, -0.2) is 9.97 Å². The Morgan fingerprint density at radius 3 is 2.06 bits per heavy atom. The minimum atomic E-state index is 0.623. The van der Waals surface area contributed by atoms with Crippen molar-refractivity contribution in [2.75, 3.05) is 13.6 Å². The Morgan fingerprint density at radius 2 is 1.67 bits per heavy atom. The lowest BCUT2D eigenvalue weighted by Crippen LogP contribution is -2.18. The highest BCUT2D eigenvalue weighted by Crippen LogP contribution is 2.19. The van der Waals surface area contributed by atoms with Crippen LogP contribution in [-0.4, -0.2) is 38.8 Å². The van der Waals surface area contributed by atoms with E-state index in [2.05, 4.69) is 46.7 Å². The summed E-state index contributed by atoms with van der Waals surface area (Å²) in [5, 5.41) is 11.3. The minimum absolute atomic E-state index is 0.623. The van der Waals surface area contributed by atoms with Gasteiger partial charge in [-0.1, -0.05) is 25.6 Å². The molecule has 0 amide bonds. The SMILES string of the molecule is C=C(C)ON(C)CCC.Cc1cnc(C)s1.Cc1nc2ccccc2s1.Cc1nnc(C)o1. The average molecular weight is 490 g/mol. The van der Waals surface area contributed by atoms with Gasteiger partial charge in [0.15, 0.2) is 0 Å². The molecule has 0 N–H and O–H groups in total. The van der Waals surface area contributed by atoms with Gasteiger partial charge in [0, 0.05) is 38.5 Å². The third-order valence-corrected chi connectivity index (χ3v) is 5.39. The van der Waals surface area contributed by atoms with E-state index >= 15 is 0 Å². The molecule has 33 heavy (non-hydrogen) atoms. The molecule has 7 nitrogen and oxygen atoms in total. The smallest absolute Gasteiger partial charge is 0.213 e. The fraction of sp³-hybridized carbons (Fsp3) is 0.417. The summed E-state index contributed by atoms with van der Waals surface area (Å²) >= 11 is 3.47. The van der Waals surface area contributed by atoms with Crippen LogP contribution >= 0.6 is 22.7 Å². The van der Waals surface area contributed by atoms with Crippen LogP contribution in [0.15, 0.2) is 47.2 Å². The second-order valence-electron chi connectivity index (χ2n) is 7.18. The molecule has 180 valence electrons. The molecule has 0 fully saturated rings. The summed E-state index contributed by atoms with van der Waals surface area (Å²) in [6.07, 6.45) is 2.99. The number of allylic oxidation sites excluding steroid dienone is 1. The van der Waals surface area contributed by atoms with E-state index in [0.29, 0.717) is 11.8 Å². The normalized spacial score (nSPS) is 9.85. The summed E-state index contributed by atoms with van der Waals surface area (Å²) in [7, 11) is 1.90. The van der Waals surface area contributed by atoms with E-state index < -0.39 is 0 Å². The van der Waals surface area contributed by atoms with Gasteiger partial charge in [0.05, 0.1) is 20.2 Å². The van der Waals surface area contributed by atoms with E-state index in [0.717, 1.165) is 34.3 Å². The largest absolute Gasteiger partial charge is 0.426 e. The van der Waals surface area contributed by atoms with Crippen LogP contribution in [0.5, 0.6) is 0 Å². The van der Waals surface area contributed by atoms with Gasteiger partial charge in [0.25, 0.3) is 0 Å². The summed E-state index contributed by atoms with van der Waals surface area (Å²) in [5.41, 5.74) is 1.12. The minimum Gasteiger partial charge on any atom is -0.426 e. The van der Waals surface area contributed by atoms with Crippen molar-refractivity contribution >= 4 is 32.9 Å². The third kappa shape index (κ3) is 12.9. The quantitative estimate of drug-likeness (QED) is 0.229. The van der Waals surface area contributed by atoms with E-state index in [4.69, 9.17) is 9.25 Å². The number of hydrogen-bond donors (Lipinski definition) is 0. The summed E-state index contributed by atoms with van der Waals surface area (Å²) in [5.74, 6) is 1.99. The first kappa shape index (κ1) is 28.4. The Hall–Kier alpha value is -2.62. The van der Waals surface area contributed by atoms with Crippen LogP contribution in [0.2, 0.25) is 0 Å². The Balaban J connectivity index is 0.000000223. The predicted molar refractivity (Wildman–Crippen MR) is 139 cm³/mol. The fourth-order valence-electron chi connectivity index (χ4n) is 2.48. The highest BCUT2D eigenvalue weighted by molar-refractivity contribution is 7.18. The molecule has 1 aromatic carbocycles. The molecular formula is C24H35N5O2S2. The van der Waals surface area contributed by atoms with Crippen LogP contribution in [0.4, 0.5) is 0 Å². The van der Waals surface area contributed by atoms with E-state index in [-0.39, 0.29) is 0 Å². The number of hydrogen-bond acceptors (Lipinski definition) is 9. The van der Waals surface area contributed by atoms with Gasteiger partial charge >= 0.3 is 0 Å². The number of para-hydroxylation sites is 1. The first-order chi connectivity index (χ1) is 15.6. The Morgan fingerprint density at radius 1 is 1.03 bits per heavy atom. The van der Waals surface area contributed by atoms with E-state index in [1.165, 1.54) is 9.58 Å². The first-order valence-electron chi connectivity index (χ1n) is 10.6. The summed E-state index contributed by atoms with van der Waals surface area (Å²) in [6, 6.07) is 8.19. The van der Waals surface area contributed by atoms with Crippen molar-refractivity contribution in [3.8, 4) is 0 Å². The van der Waals surface area contributed by atoms with Crippen molar-refractivity contribution in [1.29, 1.82) is 0 Å². The molecule has 0 radical (unpaired) electrons. The lowest BCUT2D eigenvalue weighted by atomic mass is 10.3. The summed E-state index contributed by atoms with van der Waals surface area (Å²) < 4.78 is 6.14. The van der Waals surface area contributed by atoms with Gasteiger partial charge in [-0.3, -0.25) is 0 Å². The van der Waals surface area contributed by atoms with Gasteiger partial charge in [-0.05, 0) is 46.2 Å². The van der Waals surface area contributed by atoms with Crippen LogP contribution in [0.3, 0.4) is 0 Å². The van der Waals surface area contributed by atoms with Gasteiger partial charge < -0.3 is 9.25 Å². The molecule has 0 saturated carbocycles. The highest BCUT2D eigenvalue weighted by Gasteiger charge is 1.96. The standard InChI is InChI=1S/C8H7NS.C7H15NO.C5H7NS.C4H6N2O/c1-6-9-7-4-2-3-5-8(7)10-6;1-5-6-8(4)9-7(2)3;1-4-3-6-5(2)7-4;1-3-5-6-4(2)7-3/h2-5H,1H3;2,5-6H2,1,3-4H3;3H,1-2H3;1-2H3. The van der Waals surface area contributed by atoms with Crippen molar-refractivity contribution in [3.05, 3.63) is 69.5 Å². The number of fused-ring (bicyclic) bond motifs is 1. The molecule has 4 rings (SSSR count). The number of thiazole rings is 2. The Bertz CT molecular complexity index is 983. The lowest BCUT2D eigenvalue weighted by Gasteiger charge is -2.15. The molecule has 0 atom stereocenters. The van der Waals surface area contributed by atoms with Crippen molar-refractivity contribution < 1.29 is 9.25 Å². The molecule has 3 heterocycles. The monoisotopic (exact) mass is 489 g/mol. The van der Waals surface area contributed by atoms with Crippen LogP contribution in [-0.2, 0) is 4.84 Å². The predicted octanol–water partition coefficient (Wildman–Crippen LogP) is 6.84. The second kappa shape index (κ2) is 15.3. The molecule has 0 aliphatic rings. The van der Waals surface area contributed by atoms with Gasteiger partial charge in [0.2, 0.25) is 11.8 Å². The summed E-state index contributed by atoms with van der Waals surface area (Å²) in [6.45, 7) is 18.1. The molecule has 0 spiro atoms. The Labute approximate surface area is 205 Å². The molecular weight excluding hydrogens is 454 g/mol. The zero-order valence-electron chi connectivity index (χ0n) is 20.9. The van der Waals surface area contributed by atoms with Crippen LogP contribution < -0.4 is 0 Å². The van der Waals surface area contributed by atoms with Crippen LogP contribution in [0.25, 0.3) is 10.2 Å². The molecule has 0 aliphatic carbocycles. The average Bonchev–Trinajstić information content (AvgIpc) is 3.41. The molecule has 0 aliphatic heterocycles. The third-order valence-electron chi connectivity index (χ3n) is 3.61. The molecule has 0 saturated heterocycles. The van der Waals surface area contributed by atoms with Gasteiger partial charge in [-0.15, -0.1) is 37.9 Å². The van der Waals surface area contributed by atoms with Crippen LogP contribution in [0, 0.1) is 34.6 Å². The maximum absolute atomic E-state index is 5.13. The number of hydroxylamine groups is 2. The van der Waals surface area contributed by atoms with Gasteiger partial charge in [-0.2, -0.15) is 0 Å². The molecule has 9 heteroatoms. The topological polar surface area (TPSA) is 77.2 Å². The van der Waals surface area contributed by atoms with E-state index in [9.17, 15) is 0 Å². The maximum Gasteiger partial charge on any atom is 0.213 e. The molecule has 0 bridgehead atoms. The van der Waals surface area contributed by atoms with Crippen molar-refractivity contribution in [3.63, 3.8) is 0 Å². The number of rotatable bonds is 4. The number of nitrogens with zero attached hydrogens (tertiary/aromatic N) is 5. The van der Waals surface area contributed by atoms with E-state index in [1.54, 1.807) is 41.6 Å². The fourth-order valence-corrected chi connectivity index (χ4v) is 3.98. The van der Waals surface area contributed by atoms with Crippen LogP contribution in [0.1, 0.15) is 46.9 Å². The molecule has 0 unspecified atom stereocenters. The van der Waals surface area contributed by atoms with Crippen molar-refractivity contribution in [2.45, 2.75) is 54.9 Å².